The Bertz CT molecular complexity index is 497. The molecule has 1 aliphatic rings. The number of hydrogen-bond donors (Lipinski definition) is 0. The average Bonchev–Trinajstić information content (AvgIpc) is 2.43. The molecule has 0 aliphatic carbocycles. The van der Waals surface area contributed by atoms with Crippen molar-refractivity contribution >= 4 is 5.78 Å². The van der Waals surface area contributed by atoms with Gasteiger partial charge in [-0.15, -0.1) is 0 Å². The quantitative estimate of drug-likeness (QED) is 0.848. The fraction of sp³-hybridized carbons (Fsp3) is 0.533. The molecule has 0 N–H and O–H groups in total. The van der Waals surface area contributed by atoms with E-state index in [9.17, 15) is 13.6 Å². The number of hydrogen-bond acceptors (Lipinski definition) is 3. The summed E-state index contributed by atoms with van der Waals surface area (Å²) in [6.45, 7) is 6.15. The van der Waals surface area contributed by atoms with Crippen molar-refractivity contribution < 1.29 is 18.3 Å². The van der Waals surface area contributed by atoms with Gasteiger partial charge in [-0.1, -0.05) is 0 Å². The van der Waals surface area contributed by atoms with Crippen LogP contribution in [0.4, 0.5) is 8.78 Å². The molecule has 0 saturated carbocycles. The normalized spacial score (nSPS) is 17.2. The van der Waals surface area contributed by atoms with Crippen LogP contribution in [0.15, 0.2) is 18.2 Å². The molecule has 0 radical (unpaired) electrons. The maximum absolute atomic E-state index is 13.6. The number of carbonyl (C=O) groups excluding carboxylic acids is 1. The molecular formula is C15H19F2NO2. The third-order valence-corrected chi connectivity index (χ3v) is 3.84. The van der Waals surface area contributed by atoms with E-state index in [1.807, 2.05) is 18.7 Å². The van der Waals surface area contributed by atoms with Gasteiger partial charge < -0.3 is 4.74 Å². The highest BCUT2D eigenvalue weighted by molar-refractivity contribution is 5.89. The third-order valence-electron chi connectivity index (χ3n) is 3.84. The van der Waals surface area contributed by atoms with Crippen LogP contribution in [-0.4, -0.2) is 42.5 Å². The SMILES string of the molecule is CC(C)(C(=O)Cc1cc(F)ccc1F)N1CCOCC1. The van der Waals surface area contributed by atoms with Crippen molar-refractivity contribution in [3.63, 3.8) is 0 Å². The van der Waals surface area contributed by atoms with Crippen molar-refractivity contribution in [3.8, 4) is 0 Å². The van der Waals surface area contributed by atoms with Crippen LogP contribution in [0, 0.1) is 11.6 Å². The van der Waals surface area contributed by atoms with E-state index in [4.69, 9.17) is 4.74 Å². The van der Waals surface area contributed by atoms with Gasteiger partial charge in [0.1, 0.15) is 11.6 Å². The lowest BCUT2D eigenvalue weighted by Gasteiger charge is -2.39. The number of morpholine rings is 1. The van der Waals surface area contributed by atoms with Crippen LogP contribution in [0.5, 0.6) is 0 Å². The van der Waals surface area contributed by atoms with Gasteiger partial charge in [0.25, 0.3) is 0 Å². The second-order valence-corrected chi connectivity index (χ2v) is 5.49. The first kappa shape index (κ1) is 15.1. The van der Waals surface area contributed by atoms with Crippen molar-refractivity contribution in [1.29, 1.82) is 0 Å². The summed E-state index contributed by atoms with van der Waals surface area (Å²) in [6.07, 6.45) is -0.103. The standard InChI is InChI=1S/C15H19F2NO2/c1-15(2,18-5-7-20-8-6-18)14(19)10-11-9-12(16)3-4-13(11)17/h3-4,9H,5-8,10H2,1-2H3. The van der Waals surface area contributed by atoms with Gasteiger partial charge in [-0.3, -0.25) is 9.69 Å². The summed E-state index contributed by atoms with van der Waals surface area (Å²) in [5.74, 6) is -1.19. The molecule has 0 unspecified atom stereocenters. The van der Waals surface area contributed by atoms with Gasteiger partial charge in [0, 0.05) is 19.5 Å². The van der Waals surface area contributed by atoms with Gasteiger partial charge in [-0.05, 0) is 37.6 Å². The summed E-state index contributed by atoms with van der Waals surface area (Å²) >= 11 is 0. The van der Waals surface area contributed by atoms with E-state index in [0.29, 0.717) is 26.3 Å². The minimum atomic E-state index is -0.706. The Morgan fingerprint density at radius 2 is 1.95 bits per heavy atom. The average molecular weight is 283 g/mol. The first-order chi connectivity index (χ1) is 9.41. The highest BCUT2D eigenvalue weighted by Gasteiger charge is 2.35. The van der Waals surface area contributed by atoms with Crippen LogP contribution in [0.25, 0.3) is 0 Å². The summed E-state index contributed by atoms with van der Waals surface area (Å²) in [4.78, 5) is 14.4. The molecule has 1 fully saturated rings. The Labute approximate surface area is 117 Å². The summed E-state index contributed by atoms with van der Waals surface area (Å²) in [5.41, 5.74) is -0.598. The molecule has 2 rings (SSSR count). The molecule has 20 heavy (non-hydrogen) atoms. The van der Waals surface area contributed by atoms with Gasteiger partial charge >= 0.3 is 0 Å². The lowest BCUT2D eigenvalue weighted by molar-refractivity contribution is -0.131. The predicted octanol–water partition coefficient (Wildman–Crippen LogP) is 2.19. The van der Waals surface area contributed by atoms with Gasteiger partial charge in [0.2, 0.25) is 0 Å². The predicted molar refractivity (Wildman–Crippen MR) is 71.5 cm³/mol. The number of halogens is 2. The van der Waals surface area contributed by atoms with Gasteiger partial charge in [-0.25, -0.2) is 8.78 Å². The number of ketones is 1. The number of nitrogens with zero attached hydrogens (tertiary/aromatic N) is 1. The Balaban J connectivity index is 2.11. The van der Waals surface area contributed by atoms with Gasteiger partial charge in [0.15, 0.2) is 5.78 Å². The molecule has 1 aromatic rings. The second kappa shape index (κ2) is 5.97. The second-order valence-electron chi connectivity index (χ2n) is 5.49. The molecule has 3 nitrogen and oxygen atoms in total. The zero-order chi connectivity index (χ0) is 14.8. The maximum Gasteiger partial charge on any atom is 0.156 e. The number of benzene rings is 1. The molecule has 0 spiro atoms. The molecule has 0 aromatic heterocycles. The number of Topliss-reactive ketones (excluding diaryl/α,β-unsaturated/α-hetero) is 1. The fourth-order valence-electron chi connectivity index (χ4n) is 2.37. The van der Waals surface area contributed by atoms with Gasteiger partial charge in [-0.2, -0.15) is 0 Å². The monoisotopic (exact) mass is 283 g/mol. The first-order valence-corrected chi connectivity index (χ1v) is 6.71. The fourth-order valence-corrected chi connectivity index (χ4v) is 2.37. The highest BCUT2D eigenvalue weighted by Crippen LogP contribution is 2.21. The maximum atomic E-state index is 13.6. The minimum absolute atomic E-state index is 0.103. The molecule has 1 heterocycles. The van der Waals surface area contributed by atoms with Gasteiger partial charge in [0.05, 0.1) is 18.8 Å². The minimum Gasteiger partial charge on any atom is -0.379 e. The van der Waals surface area contributed by atoms with E-state index >= 15 is 0 Å². The van der Waals surface area contributed by atoms with Crippen molar-refractivity contribution in [3.05, 3.63) is 35.4 Å². The molecule has 0 bridgehead atoms. The summed E-state index contributed by atoms with van der Waals surface area (Å²) in [7, 11) is 0. The van der Waals surface area contributed by atoms with E-state index < -0.39 is 17.2 Å². The van der Waals surface area contributed by atoms with E-state index in [1.165, 1.54) is 0 Å². The van der Waals surface area contributed by atoms with Crippen molar-refractivity contribution in [2.75, 3.05) is 26.3 Å². The van der Waals surface area contributed by atoms with Crippen molar-refractivity contribution in [2.45, 2.75) is 25.8 Å². The molecule has 1 aromatic carbocycles. The Kier molecular flexibility index (Phi) is 4.50. The van der Waals surface area contributed by atoms with E-state index in [0.717, 1.165) is 18.2 Å². The van der Waals surface area contributed by atoms with Crippen molar-refractivity contribution in [1.82, 2.24) is 4.90 Å². The largest absolute Gasteiger partial charge is 0.379 e. The smallest absolute Gasteiger partial charge is 0.156 e. The lowest BCUT2D eigenvalue weighted by atomic mass is 9.91. The highest BCUT2D eigenvalue weighted by atomic mass is 19.1. The number of rotatable bonds is 4. The van der Waals surface area contributed by atoms with Crippen LogP contribution in [0.1, 0.15) is 19.4 Å². The molecule has 0 atom stereocenters. The first-order valence-electron chi connectivity index (χ1n) is 6.71. The van der Waals surface area contributed by atoms with E-state index in [-0.39, 0.29) is 17.8 Å². The summed E-state index contributed by atoms with van der Waals surface area (Å²) in [5, 5.41) is 0. The van der Waals surface area contributed by atoms with E-state index in [2.05, 4.69) is 0 Å². The molecule has 1 saturated heterocycles. The molecular weight excluding hydrogens is 264 g/mol. The van der Waals surface area contributed by atoms with Crippen LogP contribution >= 0.6 is 0 Å². The Hall–Kier alpha value is -1.33. The van der Waals surface area contributed by atoms with Crippen LogP contribution in [-0.2, 0) is 16.0 Å². The molecule has 1 aliphatic heterocycles. The van der Waals surface area contributed by atoms with Crippen LogP contribution in [0.2, 0.25) is 0 Å². The molecule has 5 heteroatoms. The number of ether oxygens (including phenoxy) is 1. The summed E-state index contributed by atoms with van der Waals surface area (Å²) in [6, 6.07) is 3.19. The molecule has 110 valence electrons. The zero-order valence-electron chi connectivity index (χ0n) is 11.8. The third kappa shape index (κ3) is 3.22. The Morgan fingerprint density at radius 1 is 1.30 bits per heavy atom. The van der Waals surface area contributed by atoms with Crippen LogP contribution < -0.4 is 0 Å². The summed E-state index contributed by atoms with van der Waals surface area (Å²) < 4.78 is 32.0. The lowest BCUT2D eigenvalue weighted by Crippen LogP contribution is -2.54. The Morgan fingerprint density at radius 3 is 2.60 bits per heavy atom. The number of carbonyl (C=O) groups is 1. The molecule has 0 amide bonds. The zero-order valence-corrected chi connectivity index (χ0v) is 11.8. The van der Waals surface area contributed by atoms with E-state index in [1.54, 1.807) is 0 Å². The van der Waals surface area contributed by atoms with Crippen LogP contribution in [0.3, 0.4) is 0 Å². The topological polar surface area (TPSA) is 29.5 Å². The van der Waals surface area contributed by atoms with Crippen molar-refractivity contribution in [2.24, 2.45) is 0 Å².